The molecule has 0 heterocycles. The number of rotatable bonds is 4. The molecule has 1 aromatic rings. The molecule has 0 radical (unpaired) electrons. The third-order valence-electron chi connectivity index (χ3n) is 1.79. The van der Waals surface area contributed by atoms with Crippen LogP contribution in [0.15, 0.2) is 12.1 Å². The van der Waals surface area contributed by atoms with Crippen LogP contribution in [0.5, 0.6) is 11.5 Å². The Hall–Kier alpha value is -1.33. The van der Waals surface area contributed by atoms with Crippen molar-refractivity contribution in [1.29, 1.82) is 0 Å². The van der Waals surface area contributed by atoms with Crippen LogP contribution in [0, 0.1) is 5.82 Å². The SMILES string of the molecule is COc1cc(CNO)cc(OC)c1F. The Bertz CT molecular complexity index is 292. The van der Waals surface area contributed by atoms with Crippen molar-refractivity contribution < 1.29 is 19.1 Å². The maximum atomic E-state index is 13.4. The van der Waals surface area contributed by atoms with Crippen LogP contribution in [0.4, 0.5) is 4.39 Å². The summed E-state index contributed by atoms with van der Waals surface area (Å²) in [7, 11) is 2.74. The van der Waals surface area contributed by atoms with Gasteiger partial charge in [0.15, 0.2) is 11.5 Å². The van der Waals surface area contributed by atoms with E-state index in [4.69, 9.17) is 14.7 Å². The van der Waals surface area contributed by atoms with Gasteiger partial charge in [-0.25, -0.2) is 5.48 Å². The van der Waals surface area contributed by atoms with Gasteiger partial charge in [0.05, 0.1) is 14.2 Å². The molecule has 78 valence electrons. The molecule has 0 aliphatic rings. The summed E-state index contributed by atoms with van der Waals surface area (Å²) in [6, 6.07) is 2.97. The van der Waals surface area contributed by atoms with Crippen LogP contribution < -0.4 is 15.0 Å². The Balaban J connectivity index is 3.11. The van der Waals surface area contributed by atoms with E-state index in [0.717, 1.165) is 0 Å². The minimum absolute atomic E-state index is 0.0922. The van der Waals surface area contributed by atoms with Crippen molar-refractivity contribution in [2.75, 3.05) is 14.2 Å². The molecule has 0 atom stereocenters. The average Bonchev–Trinajstić information content (AvgIpc) is 2.20. The van der Waals surface area contributed by atoms with Crippen LogP contribution in [0.2, 0.25) is 0 Å². The number of halogens is 1. The van der Waals surface area contributed by atoms with Crippen molar-refractivity contribution in [1.82, 2.24) is 5.48 Å². The Morgan fingerprint density at radius 3 is 2.14 bits per heavy atom. The van der Waals surface area contributed by atoms with Gasteiger partial charge in [-0.1, -0.05) is 0 Å². The van der Waals surface area contributed by atoms with E-state index in [0.29, 0.717) is 5.56 Å². The molecule has 0 amide bonds. The number of nitrogens with one attached hydrogen (secondary N) is 1. The summed E-state index contributed by atoms with van der Waals surface area (Å²) < 4.78 is 23.0. The van der Waals surface area contributed by atoms with Gasteiger partial charge in [-0.15, -0.1) is 0 Å². The Kier molecular flexibility index (Phi) is 3.67. The quantitative estimate of drug-likeness (QED) is 0.721. The number of hydrogen-bond donors (Lipinski definition) is 2. The van der Waals surface area contributed by atoms with Crippen LogP contribution in [-0.4, -0.2) is 19.4 Å². The molecular formula is C9H12FNO3. The predicted octanol–water partition coefficient (Wildman–Crippen LogP) is 1.32. The molecule has 1 rings (SSSR count). The third-order valence-corrected chi connectivity index (χ3v) is 1.79. The van der Waals surface area contributed by atoms with Gasteiger partial charge in [0.2, 0.25) is 5.82 Å². The Morgan fingerprint density at radius 2 is 1.79 bits per heavy atom. The van der Waals surface area contributed by atoms with Crippen molar-refractivity contribution in [2.24, 2.45) is 0 Å². The summed E-state index contributed by atoms with van der Waals surface area (Å²) in [5.41, 5.74) is 2.64. The number of hydroxylamine groups is 1. The molecule has 0 aromatic heterocycles. The molecule has 2 N–H and O–H groups in total. The van der Waals surface area contributed by atoms with Crippen molar-refractivity contribution in [3.8, 4) is 11.5 Å². The first kappa shape index (κ1) is 10.7. The minimum Gasteiger partial charge on any atom is -0.494 e. The standard InChI is InChI=1S/C9H12FNO3/c1-13-7-3-6(5-11-12)4-8(14-2)9(7)10/h3-4,11-12H,5H2,1-2H3. The molecule has 14 heavy (non-hydrogen) atoms. The number of methoxy groups -OCH3 is 2. The smallest absolute Gasteiger partial charge is 0.206 e. The molecule has 1 aromatic carbocycles. The molecule has 4 nitrogen and oxygen atoms in total. The second-order valence-electron chi connectivity index (χ2n) is 2.65. The predicted molar refractivity (Wildman–Crippen MR) is 48.1 cm³/mol. The average molecular weight is 201 g/mol. The third kappa shape index (κ3) is 2.12. The fraction of sp³-hybridized carbons (Fsp3) is 0.333. The first-order valence-corrected chi connectivity index (χ1v) is 4.00. The van der Waals surface area contributed by atoms with Crippen LogP contribution >= 0.6 is 0 Å². The lowest BCUT2D eigenvalue weighted by Crippen LogP contribution is -2.07. The highest BCUT2D eigenvalue weighted by molar-refractivity contribution is 5.40. The van der Waals surface area contributed by atoms with Gasteiger partial charge in [-0.2, -0.15) is 4.39 Å². The van der Waals surface area contributed by atoms with Gasteiger partial charge in [-0.05, 0) is 17.7 Å². The van der Waals surface area contributed by atoms with Crippen LogP contribution in [0.25, 0.3) is 0 Å². The number of hydrogen-bond acceptors (Lipinski definition) is 4. The van der Waals surface area contributed by atoms with Crippen LogP contribution in [0.3, 0.4) is 0 Å². The topological polar surface area (TPSA) is 50.7 Å². The zero-order chi connectivity index (χ0) is 10.6. The van der Waals surface area contributed by atoms with E-state index in [1.54, 1.807) is 0 Å². The van der Waals surface area contributed by atoms with E-state index in [2.05, 4.69) is 0 Å². The van der Waals surface area contributed by atoms with E-state index in [1.165, 1.54) is 26.4 Å². The highest BCUT2D eigenvalue weighted by Crippen LogP contribution is 2.28. The zero-order valence-electron chi connectivity index (χ0n) is 8.00. The van der Waals surface area contributed by atoms with Crippen molar-refractivity contribution in [3.05, 3.63) is 23.5 Å². The fourth-order valence-electron chi connectivity index (χ4n) is 1.12. The molecule has 0 saturated heterocycles. The summed E-state index contributed by atoms with van der Waals surface area (Å²) in [5, 5.41) is 8.49. The van der Waals surface area contributed by atoms with Gasteiger partial charge in [0.25, 0.3) is 0 Å². The molecule has 5 heteroatoms. The summed E-state index contributed by atoms with van der Waals surface area (Å²) in [6.45, 7) is 0.201. The maximum absolute atomic E-state index is 13.4. The van der Waals surface area contributed by atoms with Gasteiger partial charge in [0, 0.05) is 6.54 Å². The van der Waals surface area contributed by atoms with Gasteiger partial charge in [0.1, 0.15) is 0 Å². The first-order valence-electron chi connectivity index (χ1n) is 4.00. The molecule has 0 spiro atoms. The maximum Gasteiger partial charge on any atom is 0.206 e. The minimum atomic E-state index is -0.545. The molecule has 0 saturated carbocycles. The molecule has 0 aliphatic heterocycles. The first-order chi connectivity index (χ1) is 6.72. The normalized spacial score (nSPS) is 10.0. The summed E-state index contributed by atoms with van der Waals surface area (Å²) in [4.78, 5) is 0. The lowest BCUT2D eigenvalue weighted by atomic mass is 10.2. The molecular weight excluding hydrogens is 189 g/mol. The van der Waals surface area contributed by atoms with E-state index >= 15 is 0 Å². The lowest BCUT2D eigenvalue weighted by Gasteiger charge is -2.09. The fourth-order valence-corrected chi connectivity index (χ4v) is 1.12. The number of benzene rings is 1. The van der Waals surface area contributed by atoms with Crippen molar-refractivity contribution in [3.63, 3.8) is 0 Å². The summed E-state index contributed by atoms with van der Waals surface area (Å²) in [6.07, 6.45) is 0. The van der Waals surface area contributed by atoms with Crippen molar-refractivity contribution in [2.45, 2.75) is 6.54 Å². The zero-order valence-corrected chi connectivity index (χ0v) is 8.00. The van der Waals surface area contributed by atoms with Crippen LogP contribution in [-0.2, 0) is 6.54 Å². The molecule has 0 aliphatic carbocycles. The van der Waals surface area contributed by atoms with E-state index in [-0.39, 0.29) is 18.0 Å². The Morgan fingerprint density at radius 1 is 1.29 bits per heavy atom. The lowest BCUT2D eigenvalue weighted by molar-refractivity contribution is 0.161. The summed E-state index contributed by atoms with van der Waals surface area (Å²) >= 11 is 0. The van der Waals surface area contributed by atoms with Crippen molar-refractivity contribution >= 4 is 0 Å². The Labute approximate surface area is 81.2 Å². The van der Waals surface area contributed by atoms with Crippen LogP contribution in [0.1, 0.15) is 5.56 Å². The summed E-state index contributed by atoms with van der Waals surface area (Å²) in [5.74, 6) is -0.360. The highest BCUT2D eigenvalue weighted by atomic mass is 19.1. The van der Waals surface area contributed by atoms with E-state index < -0.39 is 5.82 Å². The monoisotopic (exact) mass is 201 g/mol. The highest BCUT2D eigenvalue weighted by Gasteiger charge is 2.11. The number of ether oxygens (including phenoxy) is 2. The molecule has 0 bridgehead atoms. The second-order valence-corrected chi connectivity index (χ2v) is 2.65. The van der Waals surface area contributed by atoms with Gasteiger partial charge in [-0.3, -0.25) is 0 Å². The van der Waals surface area contributed by atoms with E-state index in [1.807, 2.05) is 5.48 Å². The van der Waals surface area contributed by atoms with E-state index in [9.17, 15) is 4.39 Å². The van der Waals surface area contributed by atoms with Gasteiger partial charge < -0.3 is 14.7 Å². The largest absolute Gasteiger partial charge is 0.494 e. The molecule has 0 fully saturated rings. The second kappa shape index (κ2) is 4.78. The molecule has 0 unspecified atom stereocenters. The van der Waals surface area contributed by atoms with Gasteiger partial charge >= 0.3 is 0 Å².